The maximum atomic E-state index is 12.9. The van der Waals surface area contributed by atoms with Crippen LogP contribution in [0.5, 0.6) is 0 Å². The van der Waals surface area contributed by atoms with Crippen LogP contribution >= 0.6 is 0 Å². The van der Waals surface area contributed by atoms with Crippen molar-refractivity contribution in [2.24, 2.45) is 0 Å². The first kappa shape index (κ1) is 20.9. The van der Waals surface area contributed by atoms with Crippen LogP contribution in [0.1, 0.15) is 56.2 Å². The molecule has 0 aromatic heterocycles. The summed E-state index contributed by atoms with van der Waals surface area (Å²) in [5, 5.41) is 3.20. The van der Waals surface area contributed by atoms with Crippen molar-refractivity contribution in [1.29, 1.82) is 0 Å². The van der Waals surface area contributed by atoms with Crippen LogP contribution in [-0.2, 0) is 11.3 Å². The lowest BCUT2D eigenvalue weighted by Gasteiger charge is -2.23. The van der Waals surface area contributed by atoms with Crippen molar-refractivity contribution in [3.8, 4) is 0 Å². The highest BCUT2D eigenvalue weighted by Gasteiger charge is 2.17. The zero-order chi connectivity index (χ0) is 19.8. The number of hydrogen-bond acceptors (Lipinski definition) is 2. The number of carbonyl (C=O) groups excluding carboxylic acids is 1. The van der Waals surface area contributed by atoms with Gasteiger partial charge in [0.05, 0.1) is 6.54 Å². The fourth-order valence-electron chi connectivity index (χ4n) is 3.29. The Hall–Kier alpha value is -2.39. The molecule has 1 amide bonds. The molecule has 0 unspecified atom stereocenters. The fraction of sp³-hybridized carbons (Fsp3) is 0.375. The van der Waals surface area contributed by atoms with Gasteiger partial charge < -0.3 is 5.32 Å². The number of nitrogens with one attached hydrogen (secondary N) is 1. The van der Waals surface area contributed by atoms with Crippen molar-refractivity contribution in [3.63, 3.8) is 0 Å². The second-order valence-electron chi connectivity index (χ2n) is 7.61. The summed E-state index contributed by atoms with van der Waals surface area (Å²) in [5.41, 5.74) is 4.55. The Morgan fingerprint density at radius 3 is 2.11 bits per heavy atom. The normalized spacial score (nSPS) is 11.2. The predicted octanol–water partition coefficient (Wildman–Crippen LogP) is 5.56. The summed E-state index contributed by atoms with van der Waals surface area (Å²) in [7, 11) is 0. The van der Waals surface area contributed by atoms with Crippen molar-refractivity contribution < 1.29 is 4.79 Å². The van der Waals surface area contributed by atoms with E-state index in [4.69, 9.17) is 0 Å². The highest BCUT2D eigenvalue weighted by Crippen LogP contribution is 2.32. The third-order valence-corrected chi connectivity index (χ3v) is 4.64. The summed E-state index contributed by atoms with van der Waals surface area (Å²) in [5.74, 6) is 0.725. The van der Waals surface area contributed by atoms with Crippen LogP contribution in [-0.4, -0.2) is 23.9 Å². The van der Waals surface area contributed by atoms with Gasteiger partial charge in [-0.05, 0) is 28.5 Å². The van der Waals surface area contributed by atoms with Gasteiger partial charge >= 0.3 is 0 Å². The van der Waals surface area contributed by atoms with E-state index in [9.17, 15) is 4.79 Å². The van der Waals surface area contributed by atoms with Crippen LogP contribution in [0.4, 0.5) is 5.69 Å². The van der Waals surface area contributed by atoms with Crippen molar-refractivity contribution >= 4 is 11.6 Å². The number of amides is 1. The van der Waals surface area contributed by atoms with Crippen molar-refractivity contribution in [2.45, 2.75) is 46.1 Å². The van der Waals surface area contributed by atoms with E-state index in [0.29, 0.717) is 24.9 Å². The van der Waals surface area contributed by atoms with E-state index in [1.165, 1.54) is 16.7 Å². The Morgan fingerprint density at radius 2 is 1.59 bits per heavy atom. The average molecular weight is 365 g/mol. The zero-order valence-electron chi connectivity index (χ0n) is 17.0. The van der Waals surface area contributed by atoms with Crippen LogP contribution in [0.25, 0.3) is 0 Å². The summed E-state index contributed by atoms with van der Waals surface area (Å²) in [6.45, 7) is 14.2. The van der Waals surface area contributed by atoms with Gasteiger partial charge in [-0.25, -0.2) is 0 Å². The topological polar surface area (TPSA) is 32.3 Å². The van der Waals surface area contributed by atoms with Crippen LogP contribution in [0.15, 0.2) is 61.2 Å². The molecule has 27 heavy (non-hydrogen) atoms. The third-order valence-electron chi connectivity index (χ3n) is 4.64. The zero-order valence-corrected chi connectivity index (χ0v) is 17.0. The van der Waals surface area contributed by atoms with Gasteiger partial charge in [-0.3, -0.25) is 9.69 Å². The summed E-state index contributed by atoms with van der Waals surface area (Å²) < 4.78 is 0. The standard InChI is InChI=1S/C24H32N2O/c1-6-15-26(16-20-11-8-7-9-12-20)17-23(27)25-24-21(18(2)3)13-10-14-22(24)19(4)5/h6-14,18-19H,1,15-17H2,2-5H3,(H,25,27). The highest BCUT2D eigenvalue weighted by molar-refractivity contribution is 5.94. The molecule has 1 N–H and O–H groups in total. The van der Waals surface area contributed by atoms with Gasteiger partial charge in [0.2, 0.25) is 5.91 Å². The molecular weight excluding hydrogens is 332 g/mol. The minimum atomic E-state index is 0.0165. The van der Waals surface area contributed by atoms with Gasteiger partial charge in [0, 0.05) is 18.8 Å². The quantitative estimate of drug-likeness (QED) is 0.591. The molecule has 0 heterocycles. The largest absolute Gasteiger partial charge is 0.324 e. The van der Waals surface area contributed by atoms with Gasteiger partial charge in [-0.15, -0.1) is 6.58 Å². The van der Waals surface area contributed by atoms with Gasteiger partial charge in [0.1, 0.15) is 0 Å². The predicted molar refractivity (Wildman–Crippen MR) is 115 cm³/mol. The molecule has 3 nitrogen and oxygen atoms in total. The molecule has 0 fully saturated rings. The number of nitrogens with zero attached hydrogens (tertiary/aromatic N) is 1. The minimum Gasteiger partial charge on any atom is -0.324 e. The Morgan fingerprint density at radius 1 is 1.00 bits per heavy atom. The highest BCUT2D eigenvalue weighted by atomic mass is 16.2. The van der Waals surface area contributed by atoms with E-state index in [1.807, 2.05) is 24.3 Å². The molecule has 2 rings (SSSR count). The second-order valence-corrected chi connectivity index (χ2v) is 7.61. The molecule has 3 heteroatoms. The molecule has 0 bridgehead atoms. The summed E-state index contributed by atoms with van der Waals surface area (Å²) in [4.78, 5) is 15.0. The number of hydrogen-bond donors (Lipinski definition) is 1. The first-order valence-corrected chi connectivity index (χ1v) is 9.72. The van der Waals surface area contributed by atoms with Crippen LogP contribution in [0.3, 0.4) is 0 Å². The molecule has 0 radical (unpaired) electrons. The number of rotatable bonds is 9. The number of anilines is 1. The third kappa shape index (κ3) is 6.07. The monoisotopic (exact) mass is 364 g/mol. The Bertz CT molecular complexity index is 724. The molecule has 2 aromatic carbocycles. The van der Waals surface area contributed by atoms with E-state index < -0.39 is 0 Å². The minimum absolute atomic E-state index is 0.0165. The summed E-state index contributed by atoms with van der Waals surface area (Å²) in [6.07, 6.45) is 1.85. The number of para-hydroxylation sites is 1. The van der Waals surface area contributed by atoms with Gasteiger partial charge in [-0.2, -0.15) is 0 Å². The second kappa shape index (κ2) is 10.1. The van der Waals surface area contributed by atoms with E-state index in [0.717, 1.165) is 12.2 Å². The summed E-state index contributed by atoms with van der Waals surface area (Å²) in [6, 6.07) is 16.5. The van der Waals surface area contributed by atoms with Crippen molar-refractivity contribution in [3.05, 3.63) is 77.9 Å². The molecule has 0 aliphatic carbocycles. The molecule has 0 atom stereocenters. The van der Waals surface area contributed by atoms with E-state index in [1.54, 1.807) is 0 Å². The van der Waals surface area contributed by atoms with Crippen LogP contribution in [0, 0.1) is 0 Å². The van der Waals surface area contributed by atoms with Crippen molar-refractivity contribution in [1.82, 2.24) is 4.90 Å². The molecule has 144 valence electrons. The first-order valence-electron chi connectivity index (χ1n) is 9.72. The molecular formula is C24H32N2O. The molecule has 2 aromatic rings. The molecule has 0 saturated carbocycles. The number of carbonyl (C=O) groups is 1. The van der Waals surface area contributed by atoms with Gasteiger partial charge in [0.15, 0.2) is 0 Å². The van der Waals surface area contributed by atoms with Crippen molar-refractivity contribution in [2.75, 3.05) is 18.4 Å². The SMILES string of the molecule is C=CCN(CC(=O)Nc1c(C(C)C)cccc1C(C)C)Cc1ccccc1. The smallest absolute Gasteiger partial charge is 0.238 e. The lowest BCUT2D eigenvalue weighted by molar-refractivity contribution is -0.117. The number of benzene rings is 2. The molecule has 0 aliphatic rings. The van der Waals surface area contributed by atoms with E-state index in [2.05, 4.69) is 74.8 Å². The Kier molecular flexibility index (Phi) is 7.81. The van der Waals surface area contributed by atoms with E-state index in [-0.39, 0.29) is 5.91 Å². The average Bonchev–Trinajstić information content (AvgIpc) is 2.62. The fourth-order valence-corrected chi connectivity index (χ4v) is 3.29. The molecule has 0 spiro atoms. The van der Waals surface area contributed by atoms with Crippen LogP contribution < -0.4 is 5.32 Å². The Labute approximate surface area is 164 Å². The van der Waals surface area contributed by atoms with Crippen LogP contribution in [0.2, 0.25) is 0 Å². The van der Waals surface area contributed by atoms with Gasteiger partial charge in [0.25, 0.3) is 0 Å². The van der Waals surface area contributed by atoms with Gasteiger partial charge in [-0.1, -0.05) is 82.3 Å². The first-order chi connectivity index (χ1) is 12.9. The summed E-state index contributed by atoms with van der Waals surface area (Å²) >= 11 is 0. The lowest BCUT2D eigenvalue weighted by Crippen LogP contribution is -2.33. The van der Waals surface area contributed by atoms with E-state index >= 15 is 0 Å². The maximum Gasteiger partial charge on any atom is 0.238 e. The Balaban J connectivity index is 2.16. The molecule has 0 aliphatic heterocycles. The molecule has 0 saturated heterocycles. The lowest BCUT2D eigenvalue weighted by atomic mass is 9.92. The maximum absolute atomic E-state index is 12.9.